The van der Waals surface area contributed by atoms with Gasteiger partial charge >= 0.3 is 12.6 Å². The molecule has 0 atom stereocenters. The molecule has 2 aromatic carbocycles. The van der Waals surface area contributed by atoms with E-state index in [0.29, 0.717) is 37.7 Å². The van der Waals surface area contributed by atoms with Crippen molar-refractivity contribution >= 4 is 34.7 Å². The number of rotatable bonds is 5. The van der Waals surface area contributed by atoms with Crippen LogP contribution in [0.25, 0.3) is 17.0 Å². The number of hydrogen-bond acceptors (Lipinski definition) is 7. The van der Waals surface area contributed by atoms with Crippen molar-refractivity contribution in [1.82, 2.24) is 4.98 Å². The predicted molar refractivity (Wildman–Crippen MR) is 118 cm³/mol. The summed E-state index contributed by atoms with van der Waals surface area (Å²) in [6, 6.07) is 15.7. The Labute approximate surface area is 187 Å². The number of carbonyl (C=O) groups excluding carboxylic acids is 1. The Balaban J connectivity index is 1.57. The van der Waals surface area contributed by atoms with Crippen LogP contribution in [-0.4, -0.2) is 49.8 Å². The maximum atomic E-state index is 12.8. The molecule has 0 bridgehead atoms. The minimum absolute atomic E-state index is 0.0449. The minimum atomic E-state index is -3.02. The number of esters is 1. The lowest BCUT2D eigenvalue weighted by molar-refractivity contribution is -0.129. The number of aromatic nitrogens is 1. The van der Waals surface area contributed by atoms with Gasteiger partial charge in [-0.05, 0) is 30.3 Å². The molecule has 5 rings (SSSR count). The second-order valence-corrected chi connectivity index (χ2v) is 7.40. The number of pyridine rings is 1. The summed E-state index contributed by atoms with van der Waals surface area (Å²) in [6.07, 6.45) is 1.61. The fourth-order valence-electron chi connectivity index (χ4n) is 3.77. The normalized spacial score (nSPS) is 17.5. The van der Waals surface area contributed by atoms with Crippen LogP contribution in [0, 0.1) is 0 Å². The summed E-state index contributed by atoms with van der Waals surface area (Å²) < 4.78 is 40.8. The minimum Gasteiger partial charge on any atom is -0.434 e. The first kappa shape index (κ1) is 21.0. The van der Waals surface area contributed by atoms with E-state index < -0.39 is 12.6 Å². The third-order valence-corrected chi connectivity index (χ3v) is 5.29. The summed E-state index contributed by atoms with van der Waals surface area (Å²) in [6.45, 7) is -0.526. The molecule has 7 nitrogen and oxygen atoms in total. The van der Waals surface area contributed by atoms with E-state index in [2.05, 4.69) is 14.6 Å². The van der Waals surface area contributed by atoms with Crippen LogP contribution >= 0.6 is 0 Å². The topological polar surface area (TPSA) is 73.2 Å². The average Bonchev–Trinajstić information content (AvgIpc) is 3.19. The van der Waals surface area contributed by atoms with Crippen molar-refractivity contribution in [1.29, 1.82) is 0 Å². The zero-order valence-electron chi connectivity index (χ0n) is 17.4. The standard InChI is InChI=1S/C24H19F2N3O4/c25-24(26)32-20-8-4-2-6-17(20)22-28-19(23(30)33-22)14-16-13-15-5-1-3-7-18(15)27-21(16)29-9-11-31-12-10-29/h1-8,13-14,24H,9-12H2/b19-14+. The van der Waals surface area contributed by atoms with Gasteiger partial charge in [0.25, 0.3) is 0 Å². The van der Waals surface area contributed by atoms with Gasteiger partial charge in [-0.3, -0.25) is 0 Å². The van der Waals surface area contributed by atoms with Gasteiger partial charge in [0, 0.05) is 24.0 Å². The van der Waals surface area contributed by atoms with Crippen LogP contribution in [0.1, 0.15) is 11.1 Å². The molecule has 0 radical (unpaired) electrons. The van der Waals surface area contributed by atoms with Crippen LogP contribution < -0.4 is 9.64 Å². The fourth-order valence-corrected chi connectivity index (χ4v) is 3.77. The van der Waals surface area contributed by atoms with E-state index in [9.17, 15) is 13.6 Å². The highest BCUT2D eigenvalue weighted by Gasteiger charge is 2.28. The molecule has 168 valence electrons. The molecule has 3 aromatic rings. The third kappa shape index (κ3) is 4.40. The van der Waals surface area contributed by atoms with Crippen LogP contribution in [0.2, 0.25) is 0 Å². The van der Waals surface area contributed by atoms with Crippen molar-refractivity contribution in [3.8, 4) is 5.75 Å². The van der Waals surface area contributed by atoms with Gasteiger partial charge in [0.2, 0.25) is 5.90 Å². The lowest BCUT2D eigenvalue weighted by Gasteiger charge is -2.29. The Hall–Kier alpha value is -3.85. The first-order valence-electron chi connectivity index (χ1n) is 10.4. The van der Waals surface area contributed by atoms with Crippen molar-refractivity contribution < 1.29 is 27.8 Å². The number of fused-ring (bicyclic) bond motifs is 1. The summed E-state index contributed by atoms with van der Waals surface area (Å²) in [5.41, 5.74) is 1.74. The molecule has 33 heavy (non-hydrogen) atoms. The summed E-state index contributed by atoms with van der Waals surface area (Å²) in [4.78, 5) is 23.8. The van der Waals surface area contributed by atoms with Gasteiger partial charge in [-0.15, -0.1) is 0 Å². The number of anilines is 1. The maximum Gasteiger partial charge on any atom is 0.387 e. The van der Waals surface area contributed by atoms with Gasteiger partial charge in [-0.25, -0.2) is 14.8 Å². The Bertz CT molecular complexity index is 1270. The predicted octanol–water partition coefficient (Wildman–Crippen LogP) is 4.02. The van der Waals surface area contributed by atoms with E-state index in [1.807, 2.05) is 30.3 Å². The van der Waals surface area contributed by atoms with Gasteiger partial charge in [0.15, 0.2) is 5.70 Å². The van der Waals surface area contributed by atoms with E-state index >= 15 is 0 Å². The molecule has 1 saturated heterocycles. The van der Waals surface area contributed by atoms with Gasteiger partial charge in [0.1, 0.15) is 11.6 Å². The number of benzene rings is 2. The number of alkyl halides is 2. The van der Waals surface area contributed by atoms with E-state index in [1.165, 1.54) is 12.1 Å². The van der Waals surface area contributed by atoms with Crippen molar-refractivity contribution in [2.24, 2.45) is 4.99 Å². The molecule has 9 heteroatoms. The Morgan fingerprint density at radius 1 is 1.06 bits per heavy atom. The average molecular weight is 451 g/mol. The summed E-state index contributed by atoms with van der Waals surface area (Å²) >= 11 is 0. The molecule has 3 heterocycles. The van der Waals surface area contributed by atoms with Crippen LogP contribution in [0.15, 0.2) is 65.3 Å². The van der Waals surface area contributed by atoms with Crippen LogP contribution in [-0.2, 0) is 14.3 Å². The van der Waals surface area contributed by atoms with Crippen LogP contribution in [0.4, 0.5) is 14.6 Å². The highest BCUT2D eigenvalue weighted by molar-refractivity contribution is 6.14. The number of morpholine rings is 1. The van der Waals surface area contributed by atoms with Crippen molar-refractivity contribution in [2.75, 3.05) is 31.2 Å². The molecule has 0 unspecified atom stereocenters. The van der Waals surface area contributed by atoms with Crippen molar-refractivity contribution in [2.45, 2.75) is 6.61 Å². The Morgan fingerprint density at radius 2 is 1.82 bits per heavy atom. The second-order valence-electron chi connectivity index (χ2n) is 7.40. The van der Waals surface area contributed by atoms with Crippen molar-refractivity contribution in [3.63, 3.8) is 0 Å². The lowest BCUT2D eigenvalue weighted by atomic mass is 10.1. The van der Waals surface area contributed by atoms with Gasteiger partial charge in [-0.2, -0.15) is 8.78 Å². The molecule has 1 aromatic heterocycles. The van der Waals surface area contributed by atoms with E-state index in [4.69, 9.17) is 14.5 Å². The van der Waals surface area contributed by atoms with E-state index in [-0.39, 0.29) is 22.9 Å². The number of cyclic esters (lactones) is 1. The molecule has 1 fully saturated rings. The highest BCUT2D eigenvalue weighted by Crippen LogP contribution is 2.30. The largest absolute Gasteiger partial charge is 0.434 e. The molecule has 2 aliphatic heterocycles. The number of nitrogens with zero attached hydrogens (tertiary/aromatic N) is 3. The Kier molecular flexibility index (Phi) is 5.70. The first-order valence-corrected chi connectivity index (χ1v) is 10.4. The second kappa shape index (κ2) is 8.95. The van der Waals surface area contributed by atoms with Gasteiger partial charge in [-0.1, -0.05) is 30.3 Å². The summed E-state index contributed by atoms with van der Waals surface area (Å²) in [5.74, 6) is -0.189. The molecular formula is C24H19F2N3O4. The summed E-state index contributed by atoms with van der Waals surface area (Å²) in [7, 11) is 0. The number of hydrogen-bond donors (Lipinski definition) is 0. The number of carbonyl (C=O) groups is 1. The quantitative estimate of drug-likeness (QED) is 0.431. The smallest absolute Gasteiger partial charge is 0.387 e. The van der Waals surface area contributed by atoms with Gasteiger partial charge in [0.05, 0.1) is 24.3 Å². The van der Waals surface area contributed by atoms with Crippen LogP contribution in [0.3, 0.4) is 0 Å². The SMILES string of the molecule is O=C1OC(c2ccccc2OC(F)F)=N/C1=C/c1cc2ccccc2nc1N1CCOCC1. The molecule has 0 amide bonds. The number of aliphatic imine (C=N–C) groups is 1. The number of halogens is 2. The summed E-state index contributed by atoms with van der Waals surface area (Å²) in [5, 5.41) is 0.910. The maximum absolute atomic E-state index is 12.8. The highest BCUT2D eigenvalue weighted by atomic mass is 19.3. The Morgan fingerprint density at radius 3 is 2.64 bits per heavy atom. The molecule has 0 saturated carbocycles. The van der Waals surface area contributed by atoms with Gasteiger partial charge < -0.3 is 19.1 Å². The molecular weight excluding hydrogens is 432 g/mol. The van der Waals surface area contributed by atoms with Crippen molar-refractivity contribution in [3.05, 3.63) is 71.4 Å². The first-order chi connectivity index (χ1) is 16.1. The molecule has 0 aliphatic carbocycles. The molecule has 0 N–H and O–H groups in total. The third-order valence-electron chi connectivity index (χ3n) is 5.29. The van der Waals surface area contributed by atoms with E-state index in [0.717, 1.165) is 10.9 Å². The fraction of sp³-hybridized carbons (Fsp3) is 0.208. The monoisotopic (exact) mass is 451 g/mol. The number of ether oxygens (including phenoxy) is 3. The van der Waals surface area contributed by atoms with Crippen LogP contribution in [0.5, 0.6) is 5.75 Å². The zero-order valence-corrected chi connectivity index (χ0v) is 17.4. The number of para-hydroxylation sites is 2. The molecule has 0 spiro atoms. The lowest BCUT2D eigenvalue weighted by Crippen LogP contribution is -2.37. The zero-order chi connectivity index (χ0) is 22.8. The molecule has 2 aliphatic rings. The van der Waals surface area contributed by atoms with E-state index in [1.54, 1.807) is 18.2 Å².